The molecule has 0 bridgehead atoms. The highest BCUT2D eigenvalue weighted by Gasteiger charge is 2.12. The van der Waals surface area contributed by atoms with Crippen molar-refractivity contribution in [2.45, 2.75) is 33.4 Å². The minimum atomic E-state index is -0.361. The summed E-state index contributed by atoms with van der Waals surface area (Å²) < 4.78 is 24.7. The monoisotopic (exact) mass is 408 g/mol. The Morgan fingerprint density at radius 3 is 2.57 bits per heavy atom. The molecule has 0 fully saturated rings. The van der Waals surface area contributed by atoms with Gasteiger partial charge >= 0.3 is 0 Å². The average Bonchev–Trinajstić information content (AvgIpc) is 2.70. The molecule has 0 aromatic heterocycles. The predicted octanol–water partition coefficient (Wildman–Crippen LogP) is 4.89. The summed E-state index contributed by atoms with van der Waals surface area (Å²) in [5.74, 6) is 0.989. The molecule has 2 aromatic rings. The molecule has 2 aromatic carbocycles. The molecule has 0 saturated carbocycles. The molecule has 1 N–H and O–H groups in total. The summed E-state index contributed by atoms with van der Waals surface area (Å²) in [6.07, 6.45) is 1.09. The van der Waals surface area contributed by atoms with Crippen LogP contribution in [0.1, 0.15) is 31.4 Å². The largest absolute Gasteiger partial charge is 0.493 e. The molecule has 0 aliphatic heterocycles. The Hall–Kier alpha value is -1.82. The van der Waals surface area contributed by atoms with E-state index in [1.165, 1.54) is 12.1 Å². The summed E-state index contributed by atoms with van der Waals surface area (Å²) in [4.78, 5) is 2.41. The van der Waals surface area contributed by atoms with Crippen LogP contribution in [0, 0.1) is 5.82 Å². The Bertz CT molecular complexity index is 738. The SMILES string of the molecule is CCN(CC)CCCNCc1cccc(OC)c1OCc1ccc(F)cc1Cl. The van der Waals surface area contributed by atoms with Gasteiger partial charge in [0.15, 0.2) is 11.5 Å². The van der Waals surface area contributed by atoms with Crippen molar-refractivity contribution < 1.29 is 13.9 Å². The van der Waals surface area contributed by atoms with Gasteiger partial charge in [-0.2, -0.15) is 0 Å². The smallest absolute Gasteiger partial charge is 0.166 e. The summed E-state index contributed by atoms with van der Waals surface area (Å²) in [5.41, 5.74) is 1.74. The fourth-order valence-corrected chi connectivity index (χ4v) is 3.23. The normalized spacial score (nSPS) is 11.1. The van der Waals surface area contributed by atoms with Crippen molar-refractivity contribution in [3.05, 3.63) is 58.4 Å². The van der Waals surface area contributed by atoms with Crippen LogP contribution in [0.15, 0.2) is 36.4 Å². The van der Waals surface area contributed by atoms with Crippen molar-refractivity contribution in [2.24, 2.45) is 0 Å². The Kier molecular flexibility index (Phi) is 9.55. The van der Waals surface area contributed by atoms with Gasteiger partial charge in [-0.05, 0) is 50.8 Å². The van der Waals surface area contributed by atoms with Crippen LogP contribution < -0.4 is 14.8 Å². The van der Waals surface area contributed by atoms with Gasteiger partial charge in [-0.25, -0.2) is 4.39 Å². The number of rotatable bonds is 12. The molecule has 0 atom stereocenters. The third-order valence-corrected chi connectivity index (χ3v) is 5.06. The number of nitrogens with zero attached hydrogens (tertiary/aromatic N) is 1. The van der Waals surface area contributed by atoms with Gasteiger partial charge in [-0.1, -0.05) is 43.6 Å². The fourth-order valence-electron chi connectivity index (χ4n) is 3.00. The zero-order valence-electron chi connectivity index (χ0n) is 16.9. The first kappa shape index (κ1) is 22.5. The lowest BCUT2D eigenvalue weighted by molar-refractivity contribution is 0.280. The molecule has 154 valence electrons. The number of methoxy groups -OCH3 is 1. The van der Waals surface area contributed by atoms with E-state index >= 15 is 0 Å². The third kappa shape index (κ3) is 6.66. The molecule has 28 heavy (non-hydrogen) atoms. The molecular weight excluding hydrogens is 379 g/mol. The number of ether oxygens (including phenoxy) is 2. The van der Waals surface area contributed by atoms with Crippen molar-refractivity contribution in [1.82, 2.24) is 10.2 Å². The van der Waals surface area contributed by atoms with E-state index in [9.17, 15) is 4.39 Å². The van der Waals surface area contributed by atoms with Crippen molar-refractivity contribution >= 4 is 11.6 Å². The highest BCUT2D eigenvalue weighted by Crippen LogP contribution is 2.32. The van der Waals surface area contributed by atoms with Gasteiger partial charge in [0.1, 0.15) is 12.4 Å². The van der Waals surface area contributed by atoms with Crippen molar-refractivity contribution in [3.8, 4) is 11.5 Å². The molecule has 0 saturated heterocycles. The quantitative estimate of drug-likeness (QED) is 0.507. The van der Waals surface area contributed by atoms with Crippen LogP contribution in [-0.4, -0.2) is 38.2 Å². The predicted molar refractivity (Wildman–Crippen MR) is 113 cm³/mol. The van der Waals surface area contributed by atoms with E-state index in [1.807, 2.05) is 18.2 Å². The highest BCUT2D eigenvalue weighted by molar-refractivity contribution is 6.31. The van der Waals surface area contributed by atoms with Gasteiger partial charge in [0.05, 0.1) is 12.1 Å². The molecule has 0 aliphatic carbocycles. The van der Waals surface area contributed by atoms with Crippen LogP contribution in [0.3, 0.4) is 0 Å². The topological polar surface area (TPSA) is 33.7 Å². The number of para-hydroxylation sites is 1. The molecular formula is C22H30ClFN2O2. The lowest BCUT2D eigenvalue weighted by Gasteiger charge is -2.18. The number of hydrogen-bond donors (Lipinski definition) is 1. The van der Waals surface area contributed by atoms with E-state index < -0.39 is 0 Å². The molecule has 0 unspecified atom stereocenters. The van der Waals surface area contributed by atoms with E-state index in [4.69, 9.17) is 21.1 Å². The van der Waals surface area contributed by atoms with Gasteiger partial charge in [0.25, 0.3) is 0 Å². The summed E-state index contributed by atoms with van der Waals surface area (Å²) in [5, 5.41) is 3.83. The summed E-state index contributed by atoms with van der Waals surface area (Å²) in [6.45, 7) is 9.47. The minimum absolute atomic E-state index is 0.244. The number of hydrogen-bond acceptors (Lipinski definition) is 4. The van der Waals surface area contributed by atoms with Crippen molar-refractivity contribution in [2.75, 3.05) is 33.3 Å². The molecule has 4 nitrogen and oxygen atoms in total. The van der Waals surface area contributed by atoms with Crippen molar-refractivity contribution in [3.63, 3.8) is 0 Å². The first-order chi connectivity index (χ1) is 13.6. The van der Waals surface area contributed by atoms with E-state index in [0.29, 0.717) is 23.1 Å². The Balaban J connectivity index is 1.97. The second kappa shape index (κ2) is 11.9. The van der Waals surface area contributed by atoms with Gasteiger partial charge in [-0.15, -0.1) is 0 Å². The highest BCUT2D eigenvalue weighted by atomic mass is 35.5. The first-order valence-corrected chi connectivity index (χ1v) is 10.1. The standard InChI is InChI=1S/C22H30ClFN2O2/c1-4-26(5-2)13-7-12-25-15-17-8-6-9-21(27-3)22(17)28-16-18-10-11-19(24)14-20(18)23/h6,8-11,14,25H,4-5,7,12-13,15-16H2,1-3H3. The van der Waals surface area contributed by atoms with E-state index in [1.54, 1.807) is 13.2 Å². The van der Waals surface area contributed by atoms with Crippen LogP contribution >= 0.6 is 11.6 Å². The third-order valence-electron chi connectivity index (χ3n) is 4.71. The Morgan fingerprint density at radius 1 is 1.11 bits per heavy atom. The first-order valence-electron chi connectivity index (χ1n) is 9.74. The average molecular weight is 409 g/mol. The summed E-state index contributed by atoms with van der Waals surface area (Å²) >= 11 is 6.11. The molecule has 0 amide bonds. The van der Waals surface area contributed by atoms with Gasteiger partial charge in [0.2, 0.25) is 0 Å². The number of benzene rings is 2. The molecule has 0 radical (unpaired) electrons. The molecule has 0 heterocycles. The van der Waals surface area contributed by atoms with E-state index in [-0.39, 0.29) is 12.4 Å². The molecule has 0 aliphatic rings. The summed E-state index contributed by atoms with van der Waals surface area (Å²) in [6, 6.07) is 10.1. The molecule has 2 rings (SSSR count). The fraction of sp³-hybridized carbons (Fsp3) is 0.455. The van der Waals surface area contributed by atoms with Crippen LogP contribution in [-0.2, 0) is 13.2 Å². The van der Waals surface area contributed by atoms with Crippen LogP contribution in [0.5, 0.6) is 11.5 Å². The maximum Gasteiger partial charge on any atom is 0.166 e. The summed E-state index contributed by atoms with van der Waals surface area (Å²) in [7, 11) is 1.62. The molecule has 0 spiro atoms. The van der Waals surface area contributed by atoms with Gasteiger partial charge < -0.3 is 19.7 Å². The number of halogens is 2. The van der Waals surface area contributed by atoms with Crippen LogP contribution in [0.25, 0.3) is 0 Å². The molecule has 6 heteroatoms. The Labute approximate surface area is 172 Å². The minimum Gasteiger partial charge on any atom is -0.493 e. The lowest BCUT2D eigenvalue weighted by atomic mass is 10.1. The lowest BCUT2D eigenvalue weighted by Crippen LogP contribution is -2.27. The second-order valence-corrected chi connectivity index (χ2v) is 6.94. The van der Waals surface area contributed by atoms with E-state index in [0.717, 1.165) is 43.7 Å². The number of nitrogens with one attached hydrogen (secondary N) is 1. The van der Waals surface area contributed by atoms with Gasteiger partial charge in [0, 0.05) is 17.7 Å². The van der Waals surface area contributed by atoms with E-state index in [2.05, 4.69) is 24.1 Å². The maximum absolute atomic E-state index is 13.2. The Morgan fingerprint density at radius 2 is 1.89 bits per heavy atom. The van der Waals surface area contributed by atoms with Gasteiger partial charge in [-0.3, -0.25) is 0 Å². The zero-order valence-corrected chi connectivity index (χ0v) is 17.7. The van der Waals surface area contributed by atoms with Crippen LogP contribution in [0.4, 0.5) is 4.39 Å². The second-order valence-electron chi connectivity index (χ2n) is 6.53. The maximum atomic E-state index is 13.2. The van der Waals surface area contributed by atoms with Crippen LogP contribution in [0.2, 0.25) is 5.02 Å². The van der Waals surface area contributed by atoms with Crippen molar-refractivity contribution in [1.29, 1.82) is 0 Å². The zero-order chi connectivity index (χ0) is 20.4.